The quantitative estimate of drug-likeness (QED) is 0.236. The molecule has 8 nitrogen and oxygen atoms in total. The summed E-state index contributed by atoms with van der Waals surface area (Å²) in [6, 6.07) is 11.0. The monoisotopic (exact) mass is 648 g/mol. The standard InChI is InChI=1S/C34H44F4N4O4/c1-32(2,3)42-20-28(23-5-8-26(46-4)9-6-23)33(35,21-42)31(44)41-17-11-22(12-18-41)27-10-7-25(34(36,37)38)19-29(27)40-15-13-24(14-16-40)30(43)39-45/h5-10,19,22,24,28,45H,11-18,20-21H2,1-4H3,(H,39,43)/t28-,33-/m0/s1. The Kier molecular flexibility index (Phi) is 9.62. The fourth-order valence-corrected chi connectivity index (χ4v) is 7.22. The topological polar surface area (TPSA) is 85.4 Å². The number of amides is 2. The van der Waals surface area contributed by atoms with E-state index in [4.69, 9.17) is 9.94 Å². The lowest BCUT2D eigenvalue weighted by molar-refractivity contribution is -0.145. The summed E-state index contributed by atoms with van der Waals surface area (Å²) in [5, 5.41) is 9.00. The smallest absolute Gasteiger partial charge is 0.416 e. The predicted molar refractivity (Wildman–Crippen MR) is 166 cm³/mol. The number of rotatable bonds is 6. The molecule has 2 aromatic carbocycles. The normalized spacial score (nSPS) is 23.9. The maximum atomic E-state index is 17.2. The molecule has 3 saturated heterocycles. The first kappa shape index (κ1) is 34.0. The number of ether oxygens (including phenoxy) is 1. The van der Waals surface area contributed by atoms with Crippen molar-refractivity contribution in [1.29, 1.82) is 0 Å². The molecule has 0 aromatic heterocycles. The fraction of sp³-hybridized carbons (Fsp3) is 0.588. The van der Waals surface area contributed by atoms with Gasteiger partial charge in [-0.05, 0) is 87.8 Å². The molecule has 0 radical (unpaired) electrons. The SMILES string of the molecule is COc1ccc([C@@H]2CN(C(C)(C)C)C[C@@]2(F)C(=O)N2CCC(c3ccc(C(F)(F)F)cc3N3CCC(C(=O)NO)CC3)CC2)cc1. The van der Waals surface area contributed by atoms with E-state index in [0.29, 0.717) is 69.8 Å². The number of hydrogen-bond acceptors (Lipinski definition) is 6. The number of likely N-dealkylation sites (tertiary alicyclic amines) is 2. The van der Waals surface area contributed by atoms with Gasteiger partial charge in [-0.3, -0.25) is 19.7 Å². The molecule has 3 aliphatic heterocycles. The van der Waals surface area contributed by atoms with E-state index in [0.717, 1.165) is 17.2 Å². The molecular formula is C34H44F4N4O4. The Hall–Kier alpha value is -3.38. The summed E-state index contributed by atoms with van der Waals surface area (Å²) in [5.41, 5.74) is 0.400. The second-order valence-corrected chi connectivity index (χ2v) is 13.8. The molecule has 3 fully saturated rings. The third-order valence-electron chi connectivity index (χ3n) is 10.1. The second kappa shape index (κ2) is 13.0. The average Bonchev–Trinajstić information content (AvgIpc) is 3.42. The number of nitrogens with one attached hydrogen (secondary N) is 1. The third kappa shape index (κ3) is 6.83. The van der Waals surface area contributed by atoms with Crippen LogP contribution < -0.4 is 15.1 Å². The Morgan fingerprint density at radius 2 is 1.59 bits per heavy atom. The molecule has 12 heteroatoms. The Morgan fingerprint density at radius 1 is 0.957 bits per heavy atom. The van der Waals surface area contributed by atoms with Crippen LogP contribution in [0.4, 0.5) is 23.2 Å². The van der Waals surface area contributed by atoms with Crippen LogP contribution in [0.1, 0.15) is 75.0 Å². The first-order valence-electron chi connectivity index (χ1n) is 15.9. The highest BCUT2D eigenvalue weighted by molar-refractivity contribution is 5.87. The third-order valence-corrected chi connectivity index (χ3v) is 10.1. The Bertz CT molecular complexity index is 1400. The van der Waals surface area contributed by atoms with Crippen molar-refractivity contribution in [3.8, 4) is 5.75 Å². The Balaban J connectivity index is 1.35. The Morgan fingerprint density at radius 3 is 2.13 bits per heavy atom. The zero-order chi connectivity index (χ0) is 33.4. The molecule has 2 atom stereocenters. The van der Waals surface area contributed by atoms with Crippen LogP contribution in [-0.2, 0) is 15.8 Å². The van der Waals surface area contributed by atoms with E-state index in [-0.39, 0.29) is 18.0 Å². The molecule has 0 bridgehead atoms. The number of halogens is 4. The lowest BCUT2D eigenvalue weighted by atomic mass is 9.83. The molecule has 3 heterocycles. The van der Waals surface area contributed by atoms with Crippen molar-refractivity contribution in [2.45, 2.75) is 75.7 Å². The minimum atomic E-state index is -4.52. The summed E-state index contributed by atoms with van der Waals surface area (Å²) < 4.78 is 63.7. The minimum absolute atomic E-state index is 0.0285. The number of benzene rings is 2. The lowest BCUT2D eigenvalue weighted by Gasteiger charge is -2.39. The highest BCUT2D eigenvalue weighted by Gasteiger charge is 2.57. The number of hydrogen-bond donors (Lipinski definition) is 2. The van der Waals surface area contributed by atoms with Crippen LogP contribution in [0.15, 0.2) is 42.5 Å². The van der Waals surface area contributed by atoms with Crippen LogP contribution in [0.25, 0.3) is 0 Å². The van der Waals surface area contributed by atoms with Gasteiger partial charge in [0.25, 0.3) is 5.91 Å². The number of methoxy groups -OCH3 is 1. The van der Waals surface area contributed by atoms with E-state index in [1.54, 1.807) is 29.6 Å². The minimum Gasteiger partial charge on any atom is -0.497 e. The van der Waals surface area contributed by atoms with E-state index >= 15 is 4.39 Å². The van der Waals surface area contributed by atoms with Crippen LogP contribution in [0.3, 0.4) is 0 Å². The second-order valence-electron chi connectivity index (χ2n) is 13.8. The lowest BCUT2D eigenvalue weighted by Crippen LogP contribution is -2.53. The highest BCUT2D eigenvalue weighted by Crippen LogP contribution is 2.45. The number of carbonyl (C=O) groups excluding carboxylic acids is 2. The van der Waals surface area contributed by atoms with Crippen LogP contribution in [0.2, 0.25) is 0 Å². The van der Waals surface area contributed by atoms with Crippen LogP contribution in [0.5, 0.6) is 5.75 Å². The van der Waals surface area contributed by atoms with Gasteiger partial charge in [-0.2, -0.15) is 13.2 Å². The number of piperidine rings is 2. The number of anilines is 1. The van der Waals surface area contributed by atoms with Crippen molar-refractivity contribution in [1.82, 2.24) is 15.3 Å². The van der Waals surface area contributed by atoms with E-state index in [1.165, 1.54) is 12.1 Å². The highest BCUT2D eigenvalue weighted by atomic mass is 19.4. The van der Waals surface area contributed by atoms with Crippen molar-refractivity contribution >= 4 is 17.5 Å². The molecule has 0 aliphatic carbocycles. The van der Waals surface area contributed by atoms with Gasteiger partial charge in [-0.1, -0.05) is 18.2 Å². The first-order valence-corrected chi connectivity index (χ1v) is 15.9. The molecule has 2 aromatic rings. The summed E-state index contributed by atoms with van der Waals surface area (Å²) in [5.74, 6) is -1.59. The number of nitrogens with zero attached hydrogens (tertiary/aromatic N) is 3. The van der Waals surface area contributed by atoms with Crippen LogP contribution in [-0.4, -0.2) is 84.4 Å². The zero-order valence-corrected chi connectivity index (χ0v) is 26.9. The van der Waals surface area contributed by atoms with Gasteiger partial charge in [0.15, 0.2) is 0 Å². The molecular weight excluding hydrogens is 604 g/mol. The van der Waals surface area contributed by atoms with E-state index in [9.17, 15) is 22.8 Å². The molecule has 0 spiro atoms. The largest absolute Gasteiger partial charge is 0.497 e. The molecule has 252 valence electrons. The summed E-state index contributed by atoms with van der Waals surface area (Å²) in [6.07, 6.45) is -2.75. The van der Waals surface area contributed by atoms with E-state index < -0.39 is 41.1 Å². The van der Waals surface area contributed by atoms with Gasteiger partial charge in [0, 0.05) is 62.3 Å². The van der Waals surface area contributed by atoms with Gasteiger partial charge in [0.1, 0.15) is 5.75 Å². The van der Waals surface area contributed by atoms with E-state index in [1.807, 2.05) is 42.7 Å². The zero-order valence-electron chi connectivity index (χ0n) is 26.9. The van der Waals surface area contributed by atoms with Crippen LogP contribution >= 0.6 is 0 Å². The van der Waals surface area contributed by atoms with E-state index in [2.05, 4.69) is 0 Å². The average molecular weight is 649 g/mol. The van der Waals surface area contributed by atoms with Gasteiger partial charge in [0.2, 0.25) is 11.6 Å². The first-order chi connectivity index (χ1) is 21.7. The number of hydroxylamine groups is 1. The van der Waals surface area contributed by atoms with Crippen molar-refractivity contribution < 1.29 is 37.1 Å². The van der Waals surface area contributed by atoms with Crippen molar-refractivity contribution in [2.24, 2.45) is 5.92 Å². The maximum Gasteiger partial charge on any atom is 0.416 e. The molecule has 2 amide bonds. The predicted octanol–water partition coefficient (Wildman–Crippen LogP) is 5.75. The summed E-state index contributed by atoms with van der Waals surface area (Å²) in [7, 11) is 1.56. The van der Waals surface area contributed by atoms with Gasteiger partial charge >= 0.3 is 6.18 Å². The molecule has 46 heavy (non-hydrogen) atoms. The van der Waals surface area contributed by atoms with Crippen molar-refractivity contribution in [3.05, 3.63) is 59.2 Å². The Labute approximate surface area is 267 Å². The van der Waals surface area contributed by atoms with Gasteiger partial charge < -0.3 is 14.5 Å². The fourth-order valence-electron chi connectivity index (χ4n) is 7.22. The number of carbonyl (C=O) groups is 2. The van der Waals surface area contributed by atoms with Gasteiger partial charge in [0.05, 0.1) is 12.7 Å². The molecule has 3 aliphatic rings. The summed E-state index contributed by atoms with van der Waals surface area (Å²) in [6.45, 7) is 7.69. The molecule has 2 N–H and O–H groups in total. The van der Waals surface area contributed by atoms with Gasteiger partial charge in [-0.25, -0.2) is 9.87 Å². The van der Waals surface area contributed by atoms with Gasteiger partial charge in [-0.15, -0.1) is 0 Å². The van der Waals surface area contributed by atoms with Crippen LogP contribution in [0, 0.1) is 5.92 Å². The molecule has 0 saturated carbocycles. The summed E-state index contributed by atoms with van der Waals surface area (Å²) >= 11 is 0. The number of alkyl halides is 4. The van der Waals surface area contributed by atoms with Crippen molar-refractivity contribution in [2.75, 3.05) is 51.3 Å². The molecule has 5 rings (SSSR count). The van der Waals surface area contributed by atoms with Crippen molar-refractivity contribution in [3.63, 3.8) is 0 Å². The maximum absolute atomic E-state index is 17.2. The summed E-state index contributed by atoms with van der Waals surface area (Å²) in [4.78, 5) is 31.4. The molecule has 0 unspecified atom stereocenters.